The monoisotopic (exact) mass is 328 g/mol. The van der Waals surface area contributed by atoms with Crippen LogP contribution in [0.5, 0.6) is 0 Å². The van der Waals surface area contributed by atoms with Crippen molar-refractivity contribution in [3.8, 4) is 28.5 Å². The molecule has 4 nitrogen and oxygen atoms in total. The zero-order chi connectivity index (χ0) is 17.3. The van der Waals surface area contributed by atoms with Crippen molar-refractivity contribution in [1.29, 1.82) is 5.26 Å². The third-order valence-corrected chi connectivity index (χ3v) is 3.53. The van der Waals surface area contributed by atoms with E-state index in [9.17, 15) is 13.2 Å². The maximum atomic E-state index is 14.0. The molecule has 1 aromatic heterocycles. The number of hydrogen-bond donors (Lipinski definition) is 1. The van der Waals surface area contributed by atoms with Gasteiger partial charge >= 0.3 is 0 Å². The van der Waals surface area contributed by atoms with Gasteiger partial charge in [0.15, 0.2) is 5.69 Å². The van der Waals surface area contributed by atoms with Gasteiger partial charge in [0.25, 0.3) is 5.92 Å². The number of nitrogens with zero attached hydrogens (tertiary/aromatic N) is 3. The number of H-pyrrole nitrogens is 1. The van der Waals surface area contributed by atoms with E-state index < -0.39 is 11.7 Å². The van der Waals surface area contributed by atoms with Crippen molar-refractivity contribution < 1.29 is 13.2 Å². The van der Waals surface area contributed by atoms with E-state index >= 15 is 0 Å². The topological polar surface area (TPSA) is 65.4 Å². The number of nitriles is 1. The van der Waals surface area contributed by atoms with Crippen LogP contribution < -0.4 is 0 Å². The van der Waals surface area contributed by atoms with Gasteiger partial charge in [-0.15, -0.1) is 5.10 Å². The summed E-state index contributed by atoms with van der Waals surface area (Å²) >= 11 is 0. The van der Waals surface area contributed by atoms with Crippen LogP contribution >= 0.6 is 0 Å². The Kier molecular flexibility index (Phi) is 3.81. The molecule has 3 aromatic rings. The third kappa shape index (κ3) is 2.99. The van der Waals surface area contributed by atoms with Crippen LogP contribution in [-0.2, 0) is 5.92 Å². The summed E-state index contributed by atoms with van der Waals surface area (Å²) in [6, 6.07) is 11.6. The van der Waals surface area contributed by atoms with Gasteiger partial charge in [0.2, 0.25) is 0 Å². The third-order valence-electron chi connectivity index (χ3n) is 3.53. The summed E-state index contributed by atoms with van der Waals surface area (Å²) in [7, 11) is 0. The Hall–Kier alpha value is -3.14. The summed E-state index contributed by atoms with van der Waals surface area (Å²) in [5.74, 6) is -3.56. The first kappa shape index (κ1) is 15.7. The van der Waals surface area contributed by atoms with Crippen LogP contribution in [0.4, 0.5) is 13.2 Å². The fraction of sp³-hybridized carbons (Fsp3) is 0.118. The highest BCUT2D eigenvalue weighted by molar-refractivity contribution is 5.73. The van der Waals surface area contributed by atoms with E-state index in [-0.39, 0.29) is 17.0 Å². The van der Waals surface area contributed by atoms with Gasteiger partial charge in [-0.25, -0.2) is 13.2 Å². The van der Waals surface area contributed by atoms with Gasteiger partial charge in [0, 0.05) is 18.1 Å². The van der Waals surface area contributed by atoms with E-state index in [4.69, 9.17) is 5.26 Å². The molecule has 0 aliphatic rings. The molecule has 0 bridgehead atoms. The number of rotatable bonds is 3. The highest BCUT2D eigenvalue weighted by Crippen LogP contribution is 2.32. The Bertz CT molecular complexity index is 935. The summed E-state index contributed by atoms with van der Waals surface area (Å²) in [5, 5.41) is 18.8. The smallest absolute Gasteiger partial charge is 0.207 e. The van der Waals surface area contributed by atoms with Gasteiger partial charge in [-0.05, 0) is 35.4 Å². The molecule has 0 saturated heterocycles. The van der Waals surface area contributed by atoms with Crippen molar-refractivity contribution in [2.45, 2.75) is 12.8 Å². The summed E-state index contributed by atoms with van der Waals surface area (Å²) in [4.78, 5) is 0. The number of aromatic amines is 1. The number of hydrogen-bond acceptors (Lipinski definition) is 3. The lowest BCUT2D eigenvalue weighted by molar-refractivity contribution is 0.0175. The van der Waals surface area contributed by atoms with E-state index in [1.165, 1.54) is 30.3 Å². The first-order valence-electron chi connectivity index (χ1n) is 6.99. The molecule has 0 spiro atoms. The van der Waals surface area contributed by atoms with Crippen molar-refractivity contribution >= 4 is 0 Å². The quantitative estimate of drug-likeness (QED) is 0.781. The zero-order valence-electron chi connectivity index (χ0n) is 12.5. The molecule has 0 saturated carbocycles. The number of halogens is 3. The second kappa shape index (κ2) is 5.81. The van der Waals surface area contributed by atoms with Gasteiger partial charge in [0.1, 0.15) is 17.6 Å². The molecule has 120 valence electrons. The largest absolute Gasteiger partial charge is 0.270 e. The fourth-order valence-electron chi connectivity index (χ4n) is 2.37. The number of aromatic nitrogens is 3. The van der Waals surface area contributed by atoms with Gasteiger partial charge in [-0.2, -0.15) is 15.6 Å². The Labute approximate surface area is 135 Å². The van der Waals surface area contributed by atoms with Crippen molar-refractivity contribution in [2.24, 2.45) is 0 Å². The molecule has 0 atom stereocenters. The second-order valence-corrected chi connectivity index (χ2v) is 5.33. The van der Waals surface area contributed by atoms with Gasteiger partial charge in [-0.1, -0.05) is 18.2 Å². The van der Waals surface area contributed by atoms with Gasteiger partial charge < -0.3 is 0 Å². The van der Waals surface area contributed by atoms with E-state index in [2.05, 4.69) is 15.4 Å². The van der Waals surface area contributed by atoms with Gasteiger partial charge in [-0.3, -0.25) is 0 Å². The van der Waals surface area contributed by atoms with Crippen LogP contribution in [-0.4, -0.2) is 15.4 Å². The molecular weight excluding hydrogens is 317 g/mol. The highest BCUT2D eigenvalue weighted by Gasteiger charge is 2.24. The highest BCUT2D eigenvalue weighted by atomic mass is 19.3. The fourth-order valence-corrected chi connectivity index (χ4v) is 2.37. The first-order valence-corrected chi connectivity index (χ1v) is 6.99. The lowest BCUT2D eigenvalue weighted by Gasteiger charge is -2.12. The molecule has 1 N–H and O–H groups in total. The first-order chi connectivity index (χ1) is 11.4. The Morgan fingerprint density at radius 3 is 2.50 bits per heavy atom. The molecule has 2 aromatic carbocycles. The van der Waals surface area contributed by atoms with E-state index in [1.807, 2.05) is 6.07 Å². The molecule has 3 rings (SSSR count). The maximum Gasteiger partial charge on any atom is 0.270 e. The Balaban J connectivity index is 2.12. The minimum atomic E-state index is -2.99. The van der Waals surface area contributed by atoms with Crippen LogP contribution in [0.3, 0.4) is 0 Å². The molecule has 0 amide bonds. The maximum absolute atomic E-state index is 14.0. The minimum absolute atomic E-state index is 0.0281. The number of benzene rings is 2. The molecule has 1 heterocycles. The predicted octanol–water partition coefficient (Wildman–Crippen LogP) is 4.26. The van der Waals surface area contributed by atoms with Crippen LogP contribution in [0.25, 0.3) is 22.4 Å². The molecule has 0 radical (unpaired) electrons. The average molecular weight is 328 g/mol. The van der Waals surface area contributed by atoms with Crippen molar-refractivity contribution in [3.05, 3.63) is 59.5 Å². The van der Waals surface area contributed by atoms with E-state index in [0.29, 0.717) is 16.7 Å². The zero-order valence-corrected chi connectivity index (χ0v) is 12.5. The lowest BCUT2D eigenvalue weighted by Crippen LogP contribution is -2.06. The second-order valence-electron chi connectivity index (χ2n) is 5.33. The number of alkyl halides is 2. The SMILES string of the molecule is CC(F)(F)c1cccc(-c2cc(F)cc(-c3n[nH]nc3C#N)c2)c1. The molecule has 0 aliphatic heterocycles. The van der Waals surface area contributed by atoms with Crippen LogP contribution in [0.2, 0.25) is 0 Å². The minimum Gasteiger partial charge on any atom is -0.207 e. The molecule has 0 aliphatic carbocycles. The molecular formula is C17H11F3N4. The molecule has 24 heavy (non-hydrogen) atoms. The molecule has 0 unspecified atom stereocenters. The Morgan fingerprint density at radius 2 is 1.79 bits per heavy atom. The van der Waals surface area contributed by atoms with E-state index in [1.54, 1.807) is 12.1 Å². The van der Waals surface area contributed by atoms with E-state index in [0.717, 1.165) is 6.92 Å². The summed E-state index contributed by atoms with van der Waals surface area (Å²) in [6.07, 6.45) is 0. The van der Waals surface area contributed by atoms with Crippen molar-refractivity contribution in [1.82, 2.24) is 15.4 Å². The van der Waals surface area contributed by atoms with Crippen LogP contribution in [0.15, 0.2) is 42.5 Å². The Morgan fingerprint density at radius 1 is 1.04 bits per heavy atom. The van der Waals surface area contributed by atoms with Gasteiger partial charge in [0.05, 0.1) is 0 Å². The van der Waals surface area contributed by atoms with Crippen LogP contribution in [0, 0.1) is 17.1 Å². The predicted molar refractivity (Wildman–Crippen MR) is 81.5 cm³/mol. The number of nitrogens with one attached hydrogen (secondary N) is 1. The lowest BCUT2D eigenvalue weighted by atomic mass is 9.98. The standard InChI is InChI=1S/C17H11F3N4/c1-17(19,20)13-4-2-3-10(6-13)11-5-12(8-14(18)7-11)16-15(9-21)22-24-23-16/h2-8H,1H3,(H,22,23,24). The van der Waals surface area contributed by atoms with Crippen molar-refractivity contribution in [3.63, 3.8) is 0 Å². The van der Waals surface area contributed by atoms with Crippen LogP contribution in [0.1, 0.15) is 18.2 Å². The summed E-state index contributed by atoms with van der Waals surface area (Å²) < 4.78 is 41.0. The normalized spacial score (nSPS) is 11.3. The van der Waals surface area contributed by atoms with Crippen molar-refractivity contribution in [2.75, 3.05) is 0 Å². The molecule has 7 heteroatoms. The molecule has 0 fully saturated rings. The summed E-state index contributed by atoms with van der Waals surface area (Å²) in [5.41, 5.74) is 1.25. The summed E-state index contributed by atoms with van der Waals surface area (Å²) in [6.45, 7) is 0.803. The average Bonchev–Trinajstić information content (AvgIpc) is 3.02.